The van der Waals surface area contributed by atoms with Crippen molar-refractivity contribution in [3.05, 3.63) is 65.5 Å². The molecule has 0 N–H and O–H groups in total. The fraction of sp³-hybridized carbons (Fsp3) is 0.350. The first-order chi connectivity index (χ1) is 12.2. The molecule has 25 heavy (non-hydrogen) atoms. The molecule has 5 heteroatoms. The van der Waals surface area contributed by atoms with Gasteiger partial charge in [-0.15, -0.1) is 0 Å². The third-order valence-electron chi connectivity index (χ3n) is 4.35. The topological polar surface area (TPSA) is 38.8 Å². The van der Waals surface area contributed by atoms with Crippen LogP contribution >= 0.6 is 0 Å². The molecule has 2 aromatic carbocycles. The largest absolute Gasteiger partial charge is 0.484 e. The highest BCUT2D eigenvalue weighted by Crippen LogP contribution is 2.22. The SMILES string of the molecule is CCc1ccc(OCC(=O)N2CCOC(c3ccc(F)cc3)C2)cc1. The second-order valence-electron chi connectivity index (χ2n) is 6.04. The Morgan fingerprint density at radius 1 is 1.20 bits per heavy atom. The number of ether oxygens (including phenoxy) is 2. The fourth-order valence-corrected chi connectivity index (χ4v) is 2.81. The van der Waals surface area contributed by atoms with Gasteiger partial charge in [0.15, 0.2) is 6.61 Å². The monoisotopic (exact) mass is 343 g/mol. The molecule has 4 nitrogen and oxygen atoms in total. The van der Waals surface area contributed by atoms with Crippen molar-refractivity contribution in [1.29, 1.82) is 0 Å². The lowest BCUT2D eigenvalue weighted by atomic mass is 10.1. The first-order valence-corrected chi connectivity index (χ1v) is 8.52. The summed E-state index contributed by atoms with van der Waals surface area (Å²) in [5, 5.41) is 0. The van der Waals surface area contributed by atoms with Crippen LogP contribution in [0.3, 0.4) is 0 Å². The highest BCUT2D eigenvalue weighted by molar-refractivity contribution is 5.78. The van der Waals surface area contributed by atoms with Crippen LogP contribution in [0.5, 0.6) is 5.75 Å². The lowest BCUT2D eigenvalue weighted by Gasteiger charge is -2.33. The zero-order valence-electron chi connectivity index (χ0n) is 14.3. The molecule has 1 aliphatic heterocycles. The third kappa shape index (κ3) is 4.57. The Kier molecular flexibility index (Phi) is 5.66. The van der Waals surface area contributed by atoms with E-state index in [-0.39, 0.29) is 24.4 Å². The smallest absolute Gasteiger partial charge is 0.260 e. The van der Waals surface area contributed by atoms with Crippen molar-refractivity contribution in [2.75, 3.05) is 26.3 Å². The Balaban J connectivity index is 1.55. The van der Waals surface area contributed by atoms with E-state index in [1.807, 2.05) is 24.3 Å². The number of rotatable bonds is 5. The zero-order valence-corrected chi connectivity index (χ0v) is 14.3. The molecule has 1 unspecified atom stereocenters. The maximum absolute atomic E-state index is 13.0. The molecule has 0 radical (unpaired) electrons. The second-order valence-corrected chi connectivity index (χ2v) is 6.04. The average molecular weight is 343 g/mol. The van der Waals surface area contributed by atoms with Gasteiger partial charge in [-0.2, -0.15) is 0 Å². The van der Waals surface area contributed by atoms with E-state index in [1.165, 1.54) is 17.7 Å². The van der Waals surface area contributed by atoms with Gasteiger partial charge in [0.1, 0.15) is 17.7 Å². The number of hydrogen-bond donors (Lipinski definition) is 0. The molecule has 1 heterocycles. The Morgan fingerprint density at radius 3 is 2.60 bits per heavy atom. The van der Waals surface area contributed by atoms with Crippen molar-refractivity contribution in [2.45, 2.75) is 19.4 Å². The molecule has 1 aliphatic rings. The van der Waals surface area contributed by atoms with Crippen LogP contribution in [0.25, 0.3) is 0 Å². The molecular formula is C20H22FNO3. The number of nitrogens with zero attached hydrogens (tertiary/aromatic N) is 1. The molecule has 1 amide bonds. The van der Waals surface area contributed by atoms with E-state index in [0.717, 1.165) is 12.0 Å². The van der Waals surface area contributed by atoms with Crippen LogP contribution in [-0.4, -0.2) is 37.1 Å². The number of carbonyl (C=O) groups excluding carboxylic acids is 1. The zero-order chi connectivity index (χ0) is 17.6. The minimum Gasteiger partial charge on any atom is -0.484 e. The Bertz CT molecular complexity index is 700. The van der Waals surface area contributed by atoms with Crippen molar-refractivity contribution in [3.63, 3.8) is 0 Å². The van der Waals surface area contributed by atoms with Crippen molar-refractivity contribution in [2.24, 2.45) is 0 Å². The van der Waals surface area contributed by atoms with E-state index in [1.54, 1.807) is 17.0 Å². The van der Waals surface area contributed by atoms with Gasteiger partial charge in [0.25, 0.3) is 5.91 Å². The van der Waals surface area contributed by atoms with Crippen LogP contribution in [-0.2, 0) is 16.0 Å². The lowest BCUT2D eigenvalue weighted by molar-refractivity contribution is -0.141. The average Bonchev–Trinajstić information content (AvgIpc) is 2.67. The van der Waals surface area contributed by atoms with Crippen LogP contribution in [0, 0.1) is 5.82 Å². The van der Waals surface area contributed by atoms with E-state index >= 15 is 0 Å². The lowest BCUT2D eigenvalue weighted by Crippen LogP contribution is -2.44. The maximum atomic E-state index is 13.0. The van der Waals surface area contributed by atoms with Crippen LogP contribution in [0.1, 0.15) is 24.2 Å². The summed E-state index contributed by atoms with van der Waals surface area (Å²) >= 11 is 0. The number of halogens is 1. The summed E-state index contributed by atoms with van der Waals surface area (Å²) in [5.74, 6) is 0.332. The van der Waals surface area contributed by atoms with Crippen molar-refractivity contribution >= 4 is 5.91 Å². The fourth-order valence-electron chi connectivity index (χ4n) is 2.81. The van der Waals surface area contributed by atoms with Gasteiger partial charge in [-0.05, 0) is 41.8 Å². The van der Waals surface area contributed by atoms with E-state index in [9.17, 15) is 9.18 Å². The normalized spacial score (nSPS) is 17.4. The Morgan fingerprint density at radius 2 is 1.92 bits per heavy atom. The number of amides is 1. The molecular weight excluding hydrogens is 321 g/mol. The van der Waals surface area contributed by atoms with Crippen LogP contribution < -0.4 is 4.74 Å². The van der Waals surface area contributed by atoms with Crippen molar-refractivity contribution < 1.29 is 18.7 Å². The van der Waals surface area contributed by atoms with Crippen LogP contribution in [0.4, 0.5) is 4.39 Å². The van der Waals surface area contributed by atoms with Crippen LogP contribution in [0.2, 0.25) is 0 Å². The number of morpholine rings is 1. The summed E-state index contributed by atoms with van der Waals surface area (Å²) in [6.45, 7) is 3.53. The molecule has 0 bridgehead atoms. The number of carbonyl (C=O) groups is 1. The van der Waals surface area contributed by atoms with E-state index in [4.69, 9.17) is 9.47 Å². The van der Waals surface area contributed by atoms with Gasteiger partial charge in [0.2, 0.25) is 0 Å². The van der Waals surface area contributed by atoms with E-state index in [0.29, 0.717) is 25.4 Å². The molecule has 3 rings (SSSR count). The van der Waals surface area contributed by atoms with E-state index < -0.39 is 0 Å². The molecule has 2 aromatic rings. The van der Waals surface area contributed by atoms with Crippen molar-refractivity contribution in [1.82, 2.24) is 4.90 Å². The summed E-state index contributed by atoms with van der Waals surface area (Å²) in [7, 11) is 0. The Hall–Kier alpha value is -2.40. The maximum Gasteiger partial charge on any atom is 0.260 e. The minimum absolute atomic E-state index is 0.00160. The van der Waals surface area contributed by atoms with Gasteiger partial charge < -0.3 is 14.4 Å². The van der Waals surface area contributed by atoms with Gasteiger partial charge in [-0.3, -0.25) is 4.79 Å². The summed E-state index contributed by atoms with van der Waals surface area (Å²) in [5.41, 5.74) is 2.10. The van der Waals surface area contributed by atoms with Gasteiger partial charge in [0, 0.05) is 6.54 Å². The van der Waals surface area contributed by atoms with Gasteiger partial charge in [-0.1, -0.05) is 31.2 Å². The Labute approximate surface area is 147 Å². The molecule has 0 aliphatic carbocycles. The molecule has 0 saturated carbocycles. The van der Waals surface area contributed by atoms with E-state index in [2.05, 4.69) is 6.92 Å². The molecule has 0 spiro atoms. The number of hydrogen-bond acceptors (Lipinski definition) is 3. The summed E-state index contributed by atoms with van der Waals surface area (Å²) in [4.78, 5) is 14.1. The third-order valence-corrected chi connectivity index (χ3v) is 4.35. The van der Waals surface area contributed by atoms with Gasteiger partial charge >= 0.3 is 0 Å². The molecule has 1 saturated heterocycles. The molecule has 1 fully saturated rings. The predicted octanol–water partition coefficient (Wildman–Crippen LogP) is 3.37. The summed E-state index contributed by atoms with van der Waals surface area (Å²) in [6.07, 6.45) is 0.736. The minimum atomic E-state index is -0.282. The highest BCUT2D eigenvalue weighted by atomic mass is 19.1. The number of aryl methyl sites for hydroxylation is 1. The van der Waals surface area contributed by atoms with Crippen LogP contribution in [0.15, 0.2) is 48.5 Å². The van der Waals surface area contributed by atoms with Gasteiger partial charge in [0.05, 0.1) is 13.2 Å². The standard InChI is InChI=1S/C20H22FNO3/c1-2-15-3-9-18(10-4-15)25-14-20(23)22-11-12-24-19(13-22)16-5-7-17(21)8-6-16/h3-10,19H,2,11-14H2,1H3. The number of benzene rings is 2. The molecule has 0 aromatic heterocycles. The molecule has 1 atom stereocenters. The summed E-state index contributed by atoms with van der Waals surface area (Å²) < 4.78 is 24.4. The van der Waals surface area contributed by atoms with Crippen molar-refractivity contribution in [3.8, 4) is 5.75 Å². The molecule has 132 valence electrons. The quantitative estimate of drug-likeness (QED) is 0.835. The predicted molar refractivity (Wildman–Crippen MR) is 93.0 cm³/mol. The highest BCUT2D eigenvalue weighted by Gasteiger charge is 2.25. The summed E-state index contributed by atoms with van der Waals surface area (Å²) in [6, 6.07) is 14.0. The second kappa shape index (κ2) is 8.12. The first-order valence-electron chi connectivity index (χ1n) is 8.52. The first kappa shape index (κ1) is 17.4. The van der Waals surface area contributed by atoms with Gasteiger partial charge in [-0.25, -0.2) is 4.39 Å².